The number of carbonyl (C=O) groups is 2. The van der Waals surface area contributed by atoms with Crippen molar-refractivity contribution in [2.75, 3.05) is 18.8 Å². The van der Waals surface area contributed by atoms with Crippen molar-refractivity contribution >= 4 is 22.0 Å². The average Bonchev–Trinajstić information content (AvgIpc) is 3.03. The number of rotatable bonds is 8. The van der Waals surface area contributed by atoms with E-state index in [4.69, 9.17) is 9.47 Å². The molecule has 2 N–H and O–H groups in total. The fraction of sp³-hybridized carbons (Fsp3) is 0.391. The summed E-state index contributed by atoms with van der Waals surface area (Å²) in [7, 11) is -3.75. The number of piperidine rings is 1. The van der Waals surface area contributed by atoms with Gasteiger partial charge < -0.3 is 14.8 Å². The SMILES string of the molecule is C[C@]1(CS(=O)(=O)N2CCC(Oc3ccc(OCc4cccc(F)c4)cc3)CC2)NC(=O)NC1=O. The molecule has 2 aromatic carbocycles. The first kappa shape index (κ1) is 24.0. The van der Waals surface area contributed by atoms with Crippen LogP contribution in [0.5, 0.6) is 11.5 Å². The van der Waals surface area contributed by atoms with Crippen molar-refractivity contribution in [2.45, 2.75) is 38.0 Å². The van der Waals surface area contributed by atoms with Gasteiger partial charge in [-0.05, 0) is 61.7 Å². The second-order valence-corrected chi connectivity index (χ2v) is 10.6. The minimum Gasteiger partial charge on any atom is -0.490 e. The summed E-state index contributed by atoms with van der Waals surface area (Å²) in [5.41, 5.74) is -0.756. The summed E-state index contributed by atoms with van der Waals surface area (Å²) in [6.45, 7) is 2.16. The Labute approximate surface area is 197 Å². The van der Waals surface area contributed by atoms with Crippen molar-refractivity contribution in [3.05, 3.63) is 59.9 Å². The minimum atomic E-state index is -3.75. The number of carbonyl (C=O) groups excluding carboxylic acids is 2. The number of imide groups is 1. The third-order valence-corrected chi connectivity index (χ3v) is 7.90. The normalized spacial score (nSPS) is 21.7. The summed E-state index contributed by atoms with van der Waals surface area (Å²) < 4.78 is 51.9. The van der Waals surface area contributed by atoms with Gasteiger partial charge in [-0.25, -0.2) is 21.9 Å². The number of halogens is 1. The minimum absolute atomic E-state index is 0.157. The summed E-state index contributed by atoms with van der Waals surface area (Å²) in [5, 5.41) is 4.46. The predicted octanol–water partition coefficient (Wildman–Crippen LogP) is 2.18. The van der Waals surface area contributed by atoms with Crippen LogP contribution in [0.2, 0.25) is 0 Å². The van der Waals surface area contributed by atoms with Gasteiger partial charge in [-0.15, -0.1) is 0 Å². The molecule has 0 unspecified atom stereocenters. The van der Waals surface area contributed by atoms with Crippen molar-refractivity contribution in [3.63, 3.8) is 0 Å². The molecule has 2 aromatic rings. The molecule has 0 spiro atoms. The average molecular weight is 492 g/mol. The second-order valence-electron chi connectivity index (χ2n) is 8.60. The molecule has 34 heavy (non-hydrogen) atoms. The van der Waals surface area contributed by atoms with Crippen molar-refractivity contribution < 1.29 is 31.9 Å². The van der Waals surface area contributed by atoms with Crippen LogP contribution in [0.3, 0.4) is 0 Å². The van der Waals surface area contributed by atoms with E-state index in [0.29, 0.717) is 24.3 Å². The molecular weight excluding hydrogens is 465 g/mol. The first-order valence-corrected chi connectivity index (χ1v) is 12.5. The summed E-state index contributed by atoms with van der Waals surface area (Å²) in [5.74, 6) is -0.206. The Bertz CT molecular complexity index is 1170. The first-order valence-electron chi connectivity index (χ1n) is 10.9. The number of benzene rings is 2. The van der Waals surface area contributed by atoms with Gasteiger partial charge in [0.25, 0.3) is 5.91 Å². The van der Waals surface area contributed by atoms with Gasteiger partial charge in [0.15, 0.2) is 0 Å². The zero-order valence-corrected chi connectivity index (χ0v) is 19.4. The smallest absolute Gasteiger partial charge is 0.322 e. The Balaban J connectivity index is 1.26. The van der Waals surface area contributed by atoms with Crippen LogP contribution in [0.4, 0.5) is 9.18 Å². The van der Waals surface area contributed by atoms with Crippen LogP contribution in [-0.2, 0) is 21.4 Å². The van der Waals surface area contributed by atoms with Gasteiger partial charge in [-0.2, -0.15) is 0 Å². The van der Waals surface area contributed by atoms with Crippen LogP contribution < -0.4 is 20.1 Å². The lowest BCUT2D eigenvalue weighted by Crippen LogP contribution is -2.53. The Kier molecular flexibility index (Phi) is 6.76. The maximum Gasteiger partial charge on any atom is 0.322 e. The number of nitrogens with one attached hydrogen (secondary N) is 2. The van der Waals surface area contributed by atoms with Crippen molar-refractivity contribution in [3.8, 4) is 11.5 Å². The highest BCUT2D eigenvalue weighted by molar-refractivity contribution is 7.89. The molecular formula is C23H26FN3O6S. The Morgan fingerprint density at radius 3 is 2.38 bits per heavy atom. The highest BCUT2D eigenvalue weighted by atomic mass is 32.2. The first-order chi connectivity index (χ1) is 16.1. The predicted molar refractivity (Wildman–Crippen MR) is 121 cm³/mol. The van der Waals surface area contributed by atoms with Crippen molar-refractivity contribution in [1.82, 2.24) is 14.9 Å². The van der Waals surface area contributed by atoms with Gasteiger partial charge in [0.1, 0.15) is 35.6 Å². The standard InChI is InChI=1S/C23H26FN3O6S/c1-23(21(28)25-22(29)26-23)15-34(30,31)27-11-9-20(10-12-27)33-19-7-5-18(6-8-19)32-14-16-3-2-4-17(24)13-16/h2-8,13,20H,9-12,14-15H2,1H3,(H2,25,26,28,29)/t23-/m1/s1. The second kappa shape index (κ2) is 9.59. The molecule has 1 atom stereocenters. The Morgan fingerprint density at radius 2 is 1.76 bits per heavy atom. The molecule has 182 valence electrons. The summed E-state index contributed by atoms with van der Waals surface area (Å²) in [6.07, 6.45) is 0.828. The van der Waals surface area contributed by atoms with Crippen LogP contribution in [0.1, 0.15) is 25.3 Å². The molecule has 0 saturated carbocycles. The summed E-state index contributed by atoms with van der Waals surface area (Å²) in [6, 6.07) is 12.6. The van der Waals surface area contributed by atoms with Crippen LogP contribution in [0.25, 0.3) is 0 Å². The molecule has 2 heterocycles. The molecule has 2 aliphatic rings. The number of hydrogen-bond acceptors (Lipinski definition) is 6. The summed E-state index contributed by atoms with van der Waals surface area (Å²) in [4.78, 5) is 23.3. The van der Waals surface area contributed by atoms with E-state index in [1.54, 1.807) is 36.4 Å². The molecule has 2 saturated heterocycles. The lowest BCUT2D eigenvalue weighted by molar-refractivity contribution is -0.122. The monoisotopic (exact) mass is 491 g/mol. The van der Waals surface area contributed by atoms with Gasteiger partial charge in [0.05, 0.1) is 5.75 Å². The maximum atomic E-state index is 13.3. The van der Waals surface area contributed by atoms with Crippen molar-refractivity contribution in [1.29, 1.82) is 0 Å². The quantitative estimate of drug-likeness (QED) is 0.547. The molecule has 0 radical (unpaired) electrons. The van der Waals surface area contributed by atoms with Crippen LogP contribution >= 0.6 is 0 Å². The number of sulfonamides is 1. The van der Waals surface area contributed by atoms with Crippen LogP contribution in [0.15, 0.2) is 48.5 Å². The van der Waals surface area contributed by atoms with E-state index in [-0.39, 0.29) is 31.6 Å². The molecule has 3 amide bonds. The molecule has 11 heteroatoms. The molecule has 0 aromatic heterocycles. The van der Waals surface area contributed by atoms with E-state index in [2.05, 4.69) is 10.6 Å². The van der Waals surface area contributed by atoms with Crippen molar-refractivity contribution in [2.24, 2.45) is 0 Å². The lowest BCUT2D eigenvalue weighted by atomic mass is 10.1. The molecule has 0 bridgehead atoms. The Morgan fingerprint density at radius 1 is 1.09 bits per heavy atom. The Hall–Kier alpha value is -3.18. The van der Waals surface area contributed by atoms with E-state index in [1.807, 2.05) is 0 Å². The zero-order valence-electron chi connectivity index (χ0n) is 18.6. The molecule has 9 nitrogen and oxygen atoms in total. The van der Waals surface area contributed by atoms with Crippen LogP contribution in [-0.4, -0.2) is 55.1 Å². The van der Waals surface area contributed by atoms with Crippen LogP contribution in [0, 0.1) is 5.82 Å². The molecule has 0 aliphatic carbocycles. The van der Waals surface area contributed by atoms with Gasteiger partial charge in [0, 0.05) is 13.1 Å². The topological polar surface area (TPSA) is 114 Å². The highest BCUT2D eigenvalue weighted by Gasteiger charge is 2.46. The number of hydrogen-bond donors (Lipinski definition) is 2. The maximum absolute atomic E-state index is 13.3. The number of nitrogens with zero attached hydrogens (tertiary/aromatic N) is 1. The fourth-order valence-corrected chi connectivity index (χ4v) is 5.85. The molecule has 2 aliphatic heterocycles. The third kappa shape index (κ3) is 5.65. The van der Waals surface area contributed by atoms with Gasteiger partial charge in [0.2, 0.25) is 10.0 Å². The van der Waals surface area contributed by atoms with E-state index >= 15 is 0 Å². The fourth-order valence-electron chi connectivity index (χ4n) is 3.97. The lowest BCUT2D eigenvalue weighted by Gasteiger charge is -2.33. The number of amides is 3. The van der Waals surface area contributed by atoms with E-state index in [1.165, 1.54) is 23.4 Å². The van der Waals surface area contributed by atoms with Gasteiger partial charge in [-0.1, -0.05) is 12.1 Å². The zero-order chi connectivity index (χ0) is 24.3. The van der Waals surface area contributed by atoms with Gasteiger partial charge in [-0.3, -0.25) is 10.1 Å². The van der Waals surface area contributed by atoms with E-state index in [9.17, 15) is 22.4 Å². The third-order valence-electron chi connectivity index (χ3n) is 5.80. The van der Waals surface area contributed by atoms with Gasteiger partial charge >= 0.3 is 6.03 Å². The van der Waals surface area contributed by atoms with E-state index < -0.39 is 33.3 Å². The summed E-state index contributed by atoms with van der Waals surface area (Å²) >= 11 is 0. The highest BCUT2D eigenvalue weighted by Crippen LogP contribution is 2.25. The largest absolute Gasteiger partial charge is 0.490 e. The van der Waals surface area contributed by atoms with E-state index in [0.717, 1.165) is 5.56 Å². The molecule has 4 rings (SSSR count). The number of urea groups is 1. The molecule has 2 fully saturated rings. The number of ether oxygens (including phenoxy) is 2.